The lowest BCUT2D eigenvalue weighted by atomic mass is 9.91. The molecule has 0 aliphatic heterocycles. The Morgan fingerprint density at radius 2 is 1.70 bits per heavy atom. The summed E-state index contributed by atoms with van der Waals surface area (Å²) in [7, 11) is 4.79. The van der Waals surface area contributed by atoms with Gasteiger partial charge in [0, 0.05) is 12.0 Å². The van der Waals surface area contributed by atoms with Crippen LogP contribution in [0.25, 0.3) is 0 Å². The van der Waals surface area contributed by atoms with Crippen molar-refractivity contribution >= 4 is 0 Å². The van der Waals surface area contributed by atoms with Crippen LogP contribution >= 0.6 is 0 Å². The van der Waals surface area contributed by atoms with E-state index in [1.54, 1.807) is 20.3 Å². The van der Waals surface area contributed by atoms with Gasteiger partial charge < -0.3 is 25.1 Å². The molecule has 0 spiro atoms. The molecule has 2 aromatic carbocycles. The summed E-state index contributed by atoms with van der Waals surface area (Å²) >= 11 is 0. The van der Waals surface area contributed by atoms with Crippen LogP contribution in [0, 0.1) is 0 Å². The molecule has 5 nitrogen and oxygen atoms in total. The molecule has 0 fully saturated rings. The van der Waals surface area contributed by atoms with Crippen LogP contribution < -0.4 is 19.9 Å². The summed E-state index contributed by atoms with van der Waals surface area (Å²) in [5.74, 6) is 2.17. The Bertz CT molecular complexity index is 657. The zero-order chi connectivity index (χ0) is 16.8. The van der Waals surface area contributed by atoms with Gasteiger partial charge in [0.05, 0.1) is 21.3 Å². The normalized spacial score (nSPS) is 11.8. The maximum atomic E-state index is 9.70. The molecule has 23 heavy (non-hydrogen) atoms. The van der Waals surface area contributed by atoms with Crippen molar-refractivity contribution in [2.24, 2.45) is 5.73 Å². The maximum Gasteiger partial charge on any atom is 0.160 e. The first-order chi connectivity index (χ1) is 11.1. The van der Waals surface area contributed by atoms with Crippen molar-refractivity contribution in [3.05, 3.63) is 47.5 Å². The third kappa shape index (κ3) is 3.87. The van der Waals surface area contributed by atoms with Crippen molar-refractivity contribution < 1.29 is 19.3 Å². The van der Waals surface area contributed by atoms with Gasteiger partial charge in [-0.3, -0.25) is 0 Å². The maximum absolute atomic E-state index is 9.70. The number of hydrogen-bond donors (Lipinski definition) is 2. The summed E-state index contributed by atoms with van der Waals surface area (Å²) in [6.07, 6.45) is 0.718. The van der Waals surface area contributed by atoms with E-state index in [4.69, 9.17) is 19.9 Å². The molecule has 0 aromatic heterocycles. The highest BCUT2D eigenvalue weighted by molar-refractivity contribution is 5.45. The van der Waals surface area contributed by atoms with Gasteiger partial charge in [-0.05, 0) is 42.3 Å². The Hall–Kier alpha value is -2.40. The van der Waals surface area contributed by atoms with Gasteiger partial charge in [0.25, 0.3) is 0 Å². The first-order valence-corrected chi connectivity index (χ1v) is 7.40. The Labute approximate surface area is 136 Å². The average molecular weight is 317 g/mol. The van der Waals surface area contributed by atoms with E-state index >= 15 is 0 Å². The van der Waals surface area contributed by atoms with Crippen LogP contribution in [0.15, 0.2) is 36.4 Å². The predicted molar refractivity (Wildman–Crippen MR) is 89.7 cm³/mol. The lowest BCUT2D eigenvalue weighted by Gasteiger charge is -2.19. The van der Waals surface area contributed by atoms with Gasteiger partial charge in [0.2, 0.25) is 0 Å². The monoisotopic (exact) mass is 317 g/mol. The lowest BCUT2D eigenvalue weighted by Crippen LogP contribution is -2.16. The van der Waals surface area contributed by atoms with E-state index in [1.807, 2.05) is 30.3 Å². The number of benzene rings is 2. The minimum atomic E-state index is 0.0881. The molecule has 124 valence electrons. The average Bonchev–Trinajstić information content (AvgIpc) is 2.60. The van der Waals surface area contributed by atoms with Gasteiger partial charge >= 0.3 is 0 Å². The molecule has 0 saturated heterocycles. The molecule has 0 amide bonds. The molecule has 5 heteroatoms. The fourth-order valence-corrected chi connectivity index (χ4v) is 2.61. The fraction of sp³-hybridized carbons (Fsp3) is 0.333. The Balaban J connectivity index is 2.30. The highest BCUT2D eigenvalue weighted by Crippen LogP contribution is 2.34. The van der Waals surface area contributed by atoms with Crippen LogP contribution in [0.2, 0.25) is 0 Å². The van der Waals surface area contributed by atoms with E-state index < -0.39 is 0 Å². The van der Waals surface area contributed by atoms with E-state index in [-0.39, 0.29) is 11.7 Å². The number of phenolic OH excluding ortho intramolecular Hbond substituents is 1. The molecule has 2 aromatic rings. The van der Waals surface area contributed by atoms with Crippen LogP contribution in [-0.4, -0.2) is 33.0 Å². The lowest BCUT2D eigenvalue weighted by molar-refractivity contribution is 0.372. The third-order valence-corrected chi connectivity index (χ3v) is 3.89. The summed E-state index contributed by atoms with van der Waals surface area (Å²) in [6.45, 7) is 0.478. The van der Waals surface area contributed by atoms with Crippen LogP contribution in [0.5, 0.6) is 23.0 Å². The Kier molecular flexibility index (Phi) is 5.71. The van der Waals surface area contributed by atoms with Gasteiger partial charge in [-0.25, -0.2) is 0 Å². The number of methoxy groups -OCH3 is 3. The second-order valence-corrected chi connectivity index (χ2v) is 5.25. The topological polar surface area (TPSA) is 73.9 Å². The van der Waals surface area contributed by atoms with Crippen molar-refractivity contribution in [2.45, 2.75) is 12.3 Å². The zero-order valence-electron chi connectivity index (χ0n) is 13.7. The molecule has 0 saturated carbocycles. The van der Waals surface area contributed by atoms with Gasteiger partial charge in [0.1, 0.15) is 11.5 Å². The van der Waals surface area contributed by atoms with Crippen molar-refractivity contribution in [1.29, 1.82) is 0 Å². The van der Waals surface area contributed by atoms with Crippen molar-refractivity contribution in [3.63, 3.8) is 0 Å². The summed E-state index contributed by atoms with van der Waals surface area (Å²) in [5, 5.41) is 9.70. The fourth-order valence-electron chi connectivity index (χ4n) is 2.61. The van der Waals surface area contributed by atoms with Gasteiger partial charge in [-0.1, -0.05) is 12.1 Å². The van der Waals surface area contributed by atoms with Crippen LogP contribution in [-0.2, 0) is 6.42 Å². The number of hydrogen-bond acceptors (Lipinski definition) is 5. The first kappa shape index (κ1) is 17.0. The minimum Gasteiger partial charge on any atom is -0.504 e. The Morgan fingerprint density at radius 3 is 2.30 bits per heavy atom. The molecule has 1 unspecified atom stereocenters. The summed E-state index contributed by atoms with van der Waals surface area (Å²) in [6, 6.07) is 11.1. The quantitative estimate of drug-likeness (QED) is 0.821. The zero-order valence-corrected chi connectivity index (χ0v) is 13.7. The van der Waals surface area contributed by atoms with Gasteiger partial charge in [0.15, 0.2) is 11.5 Å². The van der Waals surface area contributed by atoms with Crippen LogP contribution in [0.1, 0.15) is 17.0 Å². The molecule has 2 rings (SSSR count). The molecule has 0 bridgehead atoms. The van der Waals surface area contributed by atoms with E-state index in [9.17, 15) is 5.11 Å². The highest BCUT2D eigenvalue weighted by atomic mass is 16.5. The Morgan fingerprint density at radius 1 is 0.957 bits per heavy atom. The summed E-state index contributed by atoms with van der Waals surface area (Å²) in [4.78, 5) is 0. The predicted octanol–water partition coefficient (Wildman–Crippen LogP) is 2.70. The summed E-state index contributed by atoms with van der Waals surface area (Å²) < 4.78 is 15.9. The van der Waals surface area contributed by atoms with E-state index in [1.165, 1.54) is 7.11 Å². The van der Waals surface area contributed by atoms with Crippen molar-refractivity contribution in [3.8, 4) is 23.0 Å². The number of aromatic hydroxyl groups is 1. The number of ether oxygens (including phenoxy) is 3. The van der Waals surface area contributed by atoms with E-state index in [0.29, 0.717) is 12.3 Å². The first-order valence-electron chi connectivity index (χ1n) is 7.40. The number of rotatable bonds is 7. The van der Waals surface area contributed by atoms with Gasteiger partial charge in [-0.2, -0.15) is 0 Å². The second-order valence-electron chi connectivity index (χ2n) is 5.25. The number of nitrogens with two attached hydrogens (primary N) is 1. The van der Waals surface area contributed by atoms with Crippen LogP contribution in [0.3, 0.4) is 0 Å². The molecule has 1 atom stereocenters. The smallest absolute Gasteiger partial charge is 0.160 e. The summed E-state index contributed by atoms with van der Waals surface area (Å²) in [5.41, 5.74) is 8.05. The van der Waals surface area contributed by atoms with Crippen molar-refractivity contribution in [2.75, 3.05) is 27.9 Å². The van der Waals surface area contributed by atoms with E-state index in [0.717, 1.165) is 29.0 Å². The molecule has 0 aliphatic rings. The van der Waals surface area contributed by atoms with Crippen LogP contribution in [0.4, 0.5) is 0 Å². The molecular weight excluding hydrogens is 294 g/mol. The third-order valence-electron chi connectivity index (χ3n) is 3.89. The van der Waals surface area contributed by atoms with Crippen molar-refractivity contribution in [1.82, 2.24) is 0 Å². The molecule has 3 N–H and O–H groups in total. The molecule has 0 aliphatic carbocycles. The second kappa shape index (κ2) is 7.74. The molecule has 0 radical (unpaired) electrons. The standard InChI is InChI=1S/C18H23NO4/c1-21-14-5-6-15(17(10-14)22-2)13(11-19)8-12-4-7-16(20)18(9-12)23-3/h4-7,9-10,13,20H,8,11,19H2,1-3H3. The molecular formula is C18H23NO4. The highest BCUT2D eigenvalue weighted by Gasteiger charge is 2.17. The number of phenols is 1. The molecule has 0 heterocycles. The SMILES string of the molecule is COc1ccc(C(CN)Cc2ccc(O)c(OC)c2)c(OC)c1. The van der Waals surface area contributed by atoms with Gasteiger partial charge in [-0.15, -0.1) is 0 Å². The van der Waals surface area contributed by atoms with E-state index in [2.05, 4.69) is 0 Å². The minimum absolute atomic E-state index is 0.0881. The largest absolute Gasteiger partial charge is 0.504 e.